The van der Waals surface area contributed by atoms with E-state index in [1.807, 2.05) is 0 Å². The van der Waals surface area contributed by atoms with Crippen LogP contribution in [0.15, 0.2) is 59.5 Å². The summed E-state index contributed by atoms with van der Waals surface area (Å²) in [5.74, 6) is -0.411. The predicted octanol–water partition coefficient (Wildman–Crippen LogP) is 2.17. The third kappa shape index (κ3) is 4.81. The van der Waals surface area contributed by atoms with Crippen LogP contribution >= 0.6 is 12.4 Å². The molecule has 25 heavy (non-hydrogen) atoms. The van der Waals surface area contributed by atoms with Gasteiger partial charge in [0.15, 0.2) is 9.84 Å². The SMILES string of the molecule is Cl.O=C(NC1CCNC1)c1ccccc1CS(=O)(=O)c1ccccc1. The Morgan fingerprint density at radius 3 is 2.44 bits per heavy atom. The van der Waals surface area contributed by atoms with E-state index in [4.69, 9.17) is 0 Å². The Morgan fingerprint density at radius 2 is 1.76 bits per heavy atom. The average molecular weight is 381 g/mol. The van der Waals surface area contributed by atoms with Gasteiger partial charge in [0.25, 0.3) is 5.91 Å². The van der Waals surface area contributed by atoms with Gasteiger partial charge in [0.2, 0.25) is 0 Å². The molecule has 2 aromatic carbocycles. The van der Waals surface area contributed by atoms with Crippen molar-refractivity contribution < 1.29 is 13.2 Å². The molecule has 2 aromatic rings. The highest BCUT2D eigenvalue weighted by atomic mass is 35.5. The van der Waals surface area contributed by atoms with Gasteiger partial charge in [-0.1, -0.05) is 36.4 Å². The van der Waals surface area contributed by atoms with E-state index in [1.54, 1.807) is 54.6 Å². The van der Waals surface area contributed by atoms with Gasteiger partial charge in [-0.05, 0) is 36.7 Å². The quantitative estimate of drug-likeness (QED) is 0.833. The molecule has 0 aliphatic carbocycles. The summed E-state index contributed by atoms with van der Waals surface area (Å²) < 4.78 is 25.2. The van der Waals surface area contributed by atoms with Crippen LogP contribution < -0.4 is 10.6 Å². The fraction of sp³-hybridized carbons (Fsp3) is 0.278. The zero-order valence-corrected chi connectivity index (χ0v) is 15.3. The number of nitrogens with one attached hydrogen (secondary N) is 2. The van der Waals surface area contributed by atoms with Crippen LogP contribution in [0.3, 0.4) is 0 Å². The molecule has 134 valence electrons. The van der Waals surface area contributed by atoms with Crippen molar-refractivity contribution in [1.82, 2.24) is 10.6 Å². The second kappa shape index (κ2) is 8.47. The van der Waals surface area contributed by atoms with E-state index in [0.29, 0.717) is 11.1 Å². The van der Waals surface area contributed by atoms with Crippen LogP contribution in [0.2, 0.25) is 0 Å². The van der Waals surface area contributed by atoms with Crippen LogP contribution in [0.5, 0.6) is 0 Å². The molecule has 1 saturated heterocycles. The lowest BCUT2D eigenvalue weighted by molar-refractivity contribution is 0.0939. The van der Waals surface area contributed by atoms with Crippen molar-refractivity contribution >= 4 is 28.2 Å². The van der Waals surface area contributed by atoms with E-state index in [2.05, 4.69) is 10.6 Å². The maximum Gasteiger partial charge on any atom is 0.251 e. The van der Waals surface area contributed by atoms with Crippen molar-refractivity contribution in [3.05, 3.63) is 65.7 Å². The Bertz CT molecular complexity index is 819. The molecular weight excluding hydrogens is 360 g/mol. The molecule has 0 bridgehead atoms. The number of halogens is 1. The van der Waals surface area contributed by atoms with Gasteiger partial charge in [-0.25, -0.2) is 8.42 Å². The molecule has 1 aliphatic rings. The third-order valence-electron chi connectivity index (χ3n) is 4.11. The molecule has 0 spiro atoms. The summed E-state index contributed by atoms with van der Waals surface area (Å²) in [6, 6.07) is 15.3. The molecule has 0 radical (unpaired) electrons. The molecule has 5 nitrogen and oxygen atoms in total. The smallest absolute Gasteiger partial charge is 0.251 e. The highest BCUT2D eigenvalue weighted by Crippen LogP contribution is 2.19. The fourth-order valence-electron chi connectivity index (χ4n) is 2.82. The van der Waals surface area contributed by atoms with Gasteiger partial charge in [0.05, 0.1) is 10.6 Å². The van der Waals surface area contributed by atoms with Crippen molar-refractivity contribution in [3.63, 3.8) is 0 Å². The summed E-state index contributed by atoms with van der Waals surface area (Å²) in [4.78, 5) is 12.8. The maximum absolute atomic E-state index is 12.6. The molecule has 1 heterocycles. The molecule has 1 unspecified atom stereocenters. The minimum atomic E-state index is -3.49. The van der Waals surface area contributed by atoms with Crippen LogP contribution in [0, 0.1) is 0 Å². The third-order valence-corrected chi connectivity index (χ3v) is 5.79. The molecule has 7 heteroatoms. The standard InChI is InChI=1S/C18H20N2O3S.ClH/c21-18(20-15-10-11-19-12-15)17-9-5-4-6-14(17)13-24(22,23)16-7-2-1-3-8-16;/h1-9,15,19H,10-13H2,(H,20,21);1H. The van der Waals surface area contributed by atoms with Crippen LogP contribution in [-0.4, -0.2) is 33.5 Å². The summed E-state index contributed by atoms with van der Waals surface area (Å²) >= 11 is 0. The highest BCUT2D eigenvalue weighted by Gasteiger charge is 2.22. The second-order valence-electron chi connectivity index (χ2n) is 5.89. The number of amides is 1. The lowest BCUT2D eigenvalue weighted by Crippen LogP contribution is -2.36. The van der Waals surface area contributed by atoms with Crippen molar-refractivity contribution in [3.8, 4) is 0 Å². The number of carbonyl (C=O) groups excluding carboxylic acids is 1. The minimum absolute atomic E-state index is 0. The van der Waals surface area contributed by atoms with Gasteiger partial charge in [-0.3, -0.25) is 4.79 Å². The van der Waals surface area contributed by atoms with E-state index in [-0.39, 0.29) is 35.0 Å². The van der Waals surface area contributed by atoms with Crippen LogP contribution in [0.1, 0.15) is 22.3 Å². The van der Waals surface area contributed by atoms with E-state index in [1.165, 1.54) is 0 Å². The summed E-state index contributed by atoms with van der Waals surface area (Å²) in [5, 5.41) is 6.16. The molecule has 1 atom stereocenters. The molecule has 3 rings (SSSR count). The predicted molar refractivity (Wildman–Crippen MR) is 99.8 cm³/mol. The molecular formula is C18H21ClN2O3S. The van der Waals surface area contributed by atoms with E-state index in [0.717, 1.165) is 19.5 Å². The Hall–Kier alpha value is -1.89. The summed E-state index contributed by atoms with van der Waals surface area (Å²) in [7, 11) is -3.49. The van der Waals surface area contributed by atoms with Gasteiger partial charge >= 0.3 is 0 Å². The summed E-state index contributed by atoms with van der Waals surface area (Å²) in [6.07, 6.45) is 0.885. The van der Waals surface area contributed by atoms with Gasteiger partial charge in [-0.2, -0.15) is 0 Å². The van der Waals surface area contributed by atoms with Crippen molar-refractivity contribution in [1.29, 1.82) is 0 Å². The van der Waals surface area contributed by atoms with E-state index >= 15 is 0 Å². The van der Waals surface area contributed by atoms with Gasteiger partial charge in [0.1, 0.15) is 0 Å². The van der Waals surface area contributed by atoms with Crippen molar-refractivity contribution in [2.75, 3.05) is 13.1 Å². The summed E-state index contributed by atoms with van der Waals surface area (Å²) in [5.41, 5.74) is 0.939. The zero-order chi connectivity index (χ0) is 17.0. The molecule has 0 aromatic heterocycles. The lowest BCUT2D eigenvalue weighted by atomic mass is 10.1. The van der Waals surface area contributed by atoms with Gasteiger partial charge < -0.3 is 10.6 Å². The van der Waals surface area contributed by atoms with Gasteiger partial charge in [0, 0.05) is 18.2 Å². The molecule has 1 fully saturated rings. The first-order chi connectivity index (χ1) is 11.6. The highest BCUT2D eigenvalue weighted by molar-refractivity contribution is 7.90. The van der Waals surface area contributed by atoms with E-state index < -0.39 is 9.84 Å². The Kier molecular flexibility index (Phi) is 6.58. The first-order valence-corrected chi connectivity index (χ1v) is 9.59. The average Bonchev–Trinajstić information content (AvgIpc) is 3.09. The molecule has 0 saturated carbocycles. The Balaban J connectivity index is 0.00000225. The number of hydrogen-bond donors (Lipinski definition) is 2. The van der Waals surface area contributed by atoms with Crippen molar-refractivity contribution in [2.45, 2.75) is 23.1 Å². The number of rotatable bonds is 5. The van der Waals surface area contributed by atoms with Gasteiger partial charge in [-0.15, -0.1) is 12.4 Å². The number of sulfone groups is 1. The van der Waals surface area contributed by atoms with Crippen molar-refractivity contribution in [2.24, 2.45) is 0 Å². The molecule has 2 N–H and O–H groups in total. The largest absolute Gasteiger partial charge is 0.348 e. The van der Waals surface area contributed by atoms with E-state index in [9.17, 15) is 13.2 Å². The second-order valence-corrected chi connectivity index (χ2v) is 7.88. The maximum atomic E-state index is 12.6. The fourth-order valence-corrected chi connectivity index (χ4v) is 4.22. The number of carbonyl (C=O) groups is 1. The van der Waals surface area contributed by atoms with Crippen LogP contribution in [0.4, 0.5) is 0 Å². The first kappa shape index (κ1) is 19.4. The Labute approximate surface area is 154 Å². The monoisotopic (exact) mass is 380 g/mol. The normalized spacial score (nSPS) is 16.9. The Morgan fingerprint density at radius 1 is 1.08 bits per heavy atom. The minimum Gasteiger partial charge on any atom is -0.348 e. The first-order valence-electron chi connectivity index (χ1n) is 7.93. The number of hydrogen-bond acceptors (Lipinski definition) is 4. The van der Waals surface area contributed by atoms with Crippen LogP contribution in [0.25, 0.3) is 0 Å². The topological polar surface area (TPSA) is 75.3 Å². The molecule has 1 amide bonds. The van der Waals surface area contributed by atoms with Crippen LogP contribution in [-0.2, 0) is 15.6 Å². The zero-order valence-electron chi connectivity index (χ0n) is 13.6. The summed E-state index contributed by atoms with van der Waals surface area (Å²) in [6.45, 7) is 1.63. The lowest BCUT2D eigenvalue weighted by Gasteiger charge is -2.14. The molecule has 1 aliphatic heterocycles. The number of benzene rings is 2.